The Hall–Kier alpha value is -3.33. The zero-order valence-corrected chi connectivity index (χ0v) is 24.4. The van der Waals surface area contributed by atoms with Crippen LogP contribution in [0.15, 0.2) is 42.5 Å². The molecule has 2 aromatic carbocycles. The molecule has 1 atom stereocenters. The highest BCUT2D eigenvalue weighted by atomic mass is 32.2. The number of benzene rings is 2. The van der Waals surface area contributed by atoms with Gasteiger partial charge < -0.3 is 15.3 Å². The lowest BCUT2D eigenvalue weighted by Crippen LogP contribution is -2.35. The maximum Gasteiger partial charge on any atom is 0.416 e. The van der Waals surface area contributed by atoms with Crippen LogP contribution < -0.4 is 5.32 Å². The van der Waals surface area contributed by atoms with E-state index in [9.17, 15) is 35.9 Å². The molecule has 0 bridgehead atoms. The van der Waals surface area contributed by atoms with Crippen LogP contribution in [-0.4, -0.2) is 77.0 Å². The molecule has 43 heavy (non-hydrogen) atoms. The number of halogens is 4. The van der Waals surface area contributed by atoms with Gasteiger partial charge in [-0.15, -0.1) is 0 Å². The predicted octanol–water partition coefficient (Wildman–Crippen LogP) is 3.41. The first-order chi connectivity index (χ1) is 20.3. The van der Waals surface area contributed by atoms with Crippen molar-refractivity contribution in [2.75, 3.05) is 32.4 Å². The number of aromatic nitrogens is 2. The number of rotatable bonds is 9. The Morgan fingerprint density at radius 2 is 1.86 bits per heavy atom. The molecule has 2 N–H and O–H groups in total. The van der Waals surface area contributed by atoms with Crippen molar-refractivity contribution in [2.24, 2.45) is 0 Å². The summed E-state index contributed by atoms with van der Waals surface area (Å²) in [5.41, 5.74) is 1.22. The normalized spacial score (nSPS) is 18.1. The summed E-state index contributed by atoms with van der Waals surface area (Å²) in [5.74, 6) is -1.20. The number of aliphatic hydroxyl groups excluding tert-OH is 1. The maximum absolute atomic E-state index is 14.0. The fourth-order valence-electron chi connectivity index (χ4n) is 5.67. The molecule has 1 aromatic heterocycles. The third-order valence-corrected chi connectivity index (χ3v) is 9.14. The minimum atomic E-state index is -4.69. The minimum absolute atomic E-state index is 0.0411. The highest BCUT2D eigenvalue weighted by molar-refractivity contribution is 7.88. The van der Waals surface area contributed by atoms with Gasteiger partial charge in [-0.2, -0.15) is 22.6 Å². The lowest BCUT2D eigenvalue weighted by molar-refractivity contribution is -0.138. The van der Waals surface area contributed by atoms with Crippen molar-refractivity contribution >= 4 is 15.9 Å². The maximum atomic E-state index is 14.0. The second-order valence-electron chi connectivity index (χ2n) is 11.0. The predicted molar refractivity (Wildman–Crippen MR) is 151 cm³/mol. The van der Waals surface area contributed by atoms with E-state index in [2.05, 4.69) is 10.2 Å². The zero-order chi connectivity index (χ0) is 30.9. The van der Waals surface area contributed by atoms with Gasteiger partial charge in [-0.25, -0.2) is 12.8 Å². The molecule has 232 valence electrons. The lowest BCUT2D eigenvalue weighted by atomic mass is 9.97. The first-order valence-electron chi connectivity index (χ1n) is 14.0. The van der Waals surface area contributed by atoms with Crippen LogP contribution in [0.25, 0.3) is 11.3 Å². The monoisotopic (exact) mass is 623 g/mol. The van der Waals surface area contributed by atoms with Gasteiger partial charge in [0.2, 0.25) is 10.0 Å². The van der Waals surface area contributed by atoms with E-state index in [4.69, 9.17) is 5.10 Å². The van der Waals surface area contributed by atoms with E-state index >= 15 is 0 Å². The van der Waals surface area contributed by atoms with Crippen molar-refractivity contribution in [3.8, 4) is 11.3 Å². The topological polar surface area (TPSA) is 108 Å². The molecule has 5 rings (SSSR count). The van der Waals surface area contributed by atoms with E-state index in [0.29, 0.717) is 36.3 Å². The summed E-state index contributed by atoms with van der Waals surface area (Å²) in [7, 11) is -3.53. The van der Waals surface area contributed by atoms with Crippen LogP contribution in [0, 0.1) is 5.82 Å². The van der Waals surface area contributed by atoms with Crippen molar-refractivity contribution < 1.29 is 35.9 Å². The SMILES string of the molecule is CS(=O)(=O)N1CCc2c(c(-c3ccc(C(F)(F)F)c(CNC(=O)c4ccc(F)cc4)c3)nn2CCCN2CCC(O)C2)C1. The number of sulfonamides is 1. The minimum Gasteiger partial charge on any atom is -0.392 e. The van der Waals surface area contributed by atoms with E-state index in [0.717, 1.165) is 56.1 Å². The largest absolute Gasteiger partial charge is 0.416 e. The van der Waals surface area contributed by atoms with Gasteiger partial charge in [0.15, 0.2) is 0 Å². The third-order valence-electron chi connectivity index (χ3n) is 7.89. The summed E-state index contributed by atoms with van der Waals surface area (Å²) < 4.78 is 83.0. The number of carbonyl (C=O) groups excluding carboxylic acids is 1. The molecule has 1 unspecified atom stereocenters. The van der Waals surface area contributed by atoms with Crippen LogP contribution in [0.3, 0.4) is 0 Å². The van der Waals surface area contributed by atoms with E-state index < -0.39 is 40.0 Å². The van der Waals surface area contributed by atoms with Gasteiger partial charge in [0.05, 0.1) is 23.6 Å². The smallest absolute Gasteiger partial charge is 0.392 e. The molecule has 2 aliphatic rings. The number of β-amino-alcohol motifs (C(OH)–C–C–N with tert-alkyl or cyclic N) is 1. The third kappa shape index (κ3) is 7.25. The summed E-state index contributed by atoms with van der Waals surface area (Å²) >= 11 is 0. The Balaban J connectivity index is 1.45. The Labute approximate surface area is 247 Å². The van der Waals surface area contributed by atoms with E-state index in [1.165, 1.54) is 28.6 Å². The average Bonchev–Trinajstić information content (AvgIpc) is 3.53. The molecule has 0 spiro atoms. The standard InChI is InChI=1S/C29H33F4N5O4S/c1-43(41,42)37-14-10-26-24(18-37)27(35-38(26)12-2-11-36-13-9-23(39)17-36)20-5-8-25(29(31,32)33)21(15-20)16-34-28(40)19-3-6-22(30)7-4-19/h3-8,15,23,39H,2,9-14,16-18H2,1H3,(H,34,40). The Kier molecular flexibility index (Phi) is 8.93. The number of fused-ring (bicyclic) bond motifs is 1. The van der Waals surface area contributed by atoms with Crippen LogP contribution in [0.2, 0.25) is 0 Å². The molecule has 9 nitrogen and oxygen atoms in total. The fourth-order valence-corrected chi connectivity index (χ4v) is 6.45. The second kappa shape index (κ2) is 12.3. The number of carbonyl (C=O) groups is 1. The molecule has 2 aliphatic heterocycles. The van der Waals surface area contributed by atoms with Crippen LogP contribution in [0.5, 0.6) is 0 Å². The number of alkyl halides is 3. The molecule has 14 heteroatoms. The molecular formula is C29H33F4N5O4S. The number of nitrogens with one attached hydrogen (secondary N) is 1. The number of hydrogen-bond acceptors (Lipinski definition) is 6. The van der Waals surface area contributed by atoms with E-state index in [1.54, 1.807) is 0 Å². The fraction of sp³-hybridized carbons (Fsp3) is 0.448. The van der Waals surface area contributed by atoms with Crippen LogP contribution in [-0.2, 0) is 42.3 Å². The van der Waals surface area contributed by atoms with Crippen molar-refractivity contribution in [3.05, 3.63) is 76.2 Å². The van der Waals surface area contributed by atoms with Gasteiger partial charge in [-0.05, 0) is 54.8 Å². The molecule has 3 aromatic rings. The Morgan fingerprint density at radius 3 is 2.51 bits per heavy atom. The van der Waals surface area contributed by atoms with Crippen molar-refractivity contribution in [2.45, 2.75) is 51.2 Å². The number of nitrogens with zero attached hydrogens (tertiary/aromatic N) is 4. The van der Waals surface area contributed by atoms with E-state index in [-0.39, 0.29) is 30.3 Å². The summed E-state index contributed by atoms with van der Waals surface area (Å²) in [5, 5.41) is 17.0. The van der Waals surface area contributed by atoms with E-state index in [1.807, 2.05) is 4.68 Å². The van der Waals surface area contributed by atoms with Crippen LogP contribution >= 0.6 is 0 Å². The number of amides is 1. The van der Waals surface area contributed by atoms with Gasteiger partial charge in [-0.3, -0.25) is 9.48 Å². The van der Waals surface area contributed by atoms with Crippen molar-refractivity contribution in [3.63, 3.8) is 0 Å². The van der Waals surface area contributed by atoms with Gasteiger partial charge in [0.1, 0.15) is 5.82 Å². The van der Waals surface area contributed by atoms with Gasteiger partial charge in [-0.1, -0.05) is 6.07 Å². The van der Waals surface area contributed by atoms with Gasteiger partial charge in [0.25, 0.3) is 5.91 Å². The molecule has 1 fully saturated rings. The molecule has 3 heterocycles. The second-order valence-corrected chi connectivity index (χ2v) is 13.0. The molecule has 0 radical (unpaired) electrons. The average molecular weight is 624 g/mol. The first-order valence-corrected chi connectivity index (χ1v) is 15.8. The molecule has 1 saturated heterocycles. The highest BCUT2D eigenvalue weighted by Gasteiger charge is 2.35. The Bertz CT molecular complexity index is 1590. The first kappa shape index (κ1) is 31.1. The zero-order valence-electron chi connectivity index (χ0n) is 23.6. The molecule has 0 saturated carbocycles. The van der Waals surface area contributed by atoms with Crippen LogP contribution in [0.1, 0.15) is 45.6 Å². The summed E-state index contributed by atoms with van der Waals surface area (Å²) in [6, 6.07) is 8.23. The molecular weight excluding hydrogens is 590 g/mol. The number of aliphatic hydroxyl groups is 1. The number of aryl methyl sites for hydroxylation is 1. The molecule has 0 aliphatic carbocycles. The number of likely N-dealkylation sites (tertiary alicyclic amines) is 1. The summed E-state index contributed by atoms with van der Waals surface area (Å²) in [6.45, 7) is 2.54. The molecule has 1 amide bonds. The highest BCUT2D eigenvalue weighted by Crippen LogP contribution is 2.37. The Morgan fingerprint density at radius 1 is 1.12 bits per heavy atom. The van der Waals surface area contributed by atoms with Crippen molar-refractivity contribution in [1.82, 2.24) is 24.3 Å². The number of hydrogen-bond donors (Lipinski definition) is 2. The lowest BCUT2D eigenvalue weighted by Gasteiger charge is -2.26. The quantitative estimate of drug-likeness (QED) is 0.354. The van der Waals surface area contributed by atoms with Crippen LogP contribution in [0.4, 0.5) is 17.6 Å². The summed E-state index contributed by atoms with van der Waals surface area (Å²) in [6.07, 6.45) is -2.05. The summed E-state index contributed by atoms with van der Waals surface area (Å²) in [4.78, 5) is 14.7. The van der Waals surface area contributed by atoms with Gasteiger partial charge >= 0.3 is 6.18 Å². The van der Waals surface area contributed by atoms with Crippen molar-refractivity contribution in [1.29, 1.82) is 0 Å². The van der Waals surface area contributed by atoms with Gasteiger partial charge in [0, 0.05) is 74.6 Å².